The average molecular weight is 520 g/mol. The number of thioether (sulfide) groups is 1. The summed E-state index contributed by atoms with van der Waals surface area (Å²) in [6.45, 7) is 8.77. The Morgan fingerprint density at radius 2 is 1.77 bits per heavy atom. The van der Waals surface area contributed by atoms with Crippen molar-refractivity contribution in [3.05, 3.63) is 60.9 Å². The van der Waals surface area contributed by atoms with Crippen LogP contribution in [0.5, 0.6) is 0 Å². The Hall–Kier alpha value is -2.89. The van der Waals surface area contributed by atoms with E-state index < -0.39 is 10.0 Å². The summed E-state index contributed by atoms with van der Waals surface area (Å²) >= 11 is 1.77. The van der Waals surface area contributed by atoms with E-state index in [0.29, 0.717) is 28.6 Å². The van der Waals surface area contributed by atoms with Gasteiger partial charge in [0.25, 0.3) is 10.0 Å². The second-order valence-corrected chi connectivity index (χ2v) is 11.0. The molecule has 190 valence electrons. The minimum atomic E-state index is -3.81. The Morgan fingerprint density at radius 3 is 2.49 bits per heavy atom. The smallest absolute Gasteiger partial charge is 0.261 e. The molecule has 0 saturated carbocycles. The maximum atomic E-state index is 12.8. The number of carbonyl (C=O) groups is 1. The van der Waals surface area contributed by atoms with Crippen LogP contribution >= 0.6 is 11.8 Å². The molecular weight excluding hydrogens is 486 g/mol. The predicted molar refractivity (Wildman–Crippen MR) is 143 cm³/mol. The fourth-order valence-corrected chi connectivity index (χ4v) is 5.37. The first-order valence-corrected chi connectivity index (χ1v) is 14.1. The van der Waals surface area contributed by atoms with Crippen molar-refractivity contribution in [3.63, 3.8) is 0 Å². The van der Waals surface area contributed by atoms with E-state index in [-0.39, 0.29) is 10.8 Å². The van der Waals surface area contributed by atoms with Gasteiger partial charge in [0, 0.05) is 24.9 Å². The van der Waals surface area contributed by atoms with Gasteiger partial charge in [-0.1, -0.05) is 19.1 Å². The molecule has 35 heavy (non-hydrogen) atoms. The Labute approximate surface area is 211 Å². The van der Waals surface area contributed by atoms with Gasteiger partial charge in [-0.2, -0.15) is 11.8 Å². The van der Waals surface area contributed by atoms with Crippen LogP contribution in [0.2, 0.25) is 0 Å². The number of sulfonamides is 1. The van der Waals surface area contributed by atoms with Crippen molar-refractivity contribution >= 4 is 44.8 Å². The van der Waals surface area contributed by atoms with Gasteiger partial charge in [0.1, 0.15) is 5.76 Å². The summed E-state index contributed by atoms with van der Waals surface area (Å²) in [5.41, 5.74) is 9.47. The van der Waals surface area contributed by atoms with E-state index in [9.17, 15) is 13.2 Å². The maximum Gasteiger partial charge on any atom is 0.261 e. The molecule has 0 unspecified atom stereocenters. The van der Waals surface area contributed by atoms with Crippen LogP contribution in [0.3, 0.4) is 0 Å². The predicted octanol–water partition coefficient (Wildman–Crippen LogP) is 4.03. The number of nitrogens with zero attached hydrogens (tertiary/aromatic N) is 1. The van der Waals surface area contributed by atoms with Crippen LogP contribution in [0.4, 0.5) is 17.1 Å². The molecule has 0 aliphatic carbocycles. The molecule has 2 aromatic carbocycles. The van der Waals surface area contributed by atoms with Gasteiger partial charge in [-0.3, -0.25) is 20.4 Å². The van der Waals surface area contributed by atoms with Crippen molar-refractivity contribution in [3.8, 4) is 0 Å². The molecular formula is C24H33N5O4S2. The highest BCUT2D eigenvalue weighted by Gasteiger charge is 2.15. The summed E-state index contributed by atoms with van der Waals surface area (Å²) < 4.78 is 28.2. The van der Waals surface area contributed by atoms with Gasteiger partial charge in [0.2, 0.25) is 5.91 Å². The molecule has 0 bridgehead atoms. The fraction of sp³-hybridized carbons (Fsp3) is 0.375. The molecule has 0 radical (unpaired) electrons. The monoisotopic (exact) mass is 519 g/mol. The summed E-state index contributed by atoms with van der Waals surface area (Å²) in [5, 5.41) is 0. The topological polar surface area (TPSA) is 112 Å². The average Bonchev–Trinajstić information content (AvgIpc) is 2.85. The normalized spacial score (nSPS) is 14.1. The van der Waals surface area contributed by atoms with Crippen LogP contribution in [-0.2, 0) is 19.7 Å². The minimum Gasteiger partial charge on any atom is -0.386 e. The Kier molecular flexibility index (Phi) is 10.1. The Bertz CT molecular complexity index is 1090. The second kappa shape index (κ2) is 13.3. The zero-order valence-electron chi connectivity index (χ0n) is 19.9. The molecule has 0 spiro atoms. The third-order valence-electron chi connectivity index (χ3n) is 5.24. The van der Waals surface area contributed by atoms with Crippen molar-refractivity contribution in [1.29, 1.82) is 0 Å². The van der Waals surface area contributed by atoms with Crippen LogP contribution in [0.25, 0.3) is 0 Å². The van der Waals surface area contributed by atoms with Crippen molar-refractivity contribution < 1.29 is 18.0 Å². The van der Waals surface area contributed by atoms with Gasteiger partial charge >= 0.3 is 0 Å². The largest absolute Gasteiger partial charge is 0.386 e. The molecule has 1 aliphatic heterocycles. The van der Waals surface area contributed by atoms with Gasteiger partial charge in [-0.15, -0.1) is 0 Å². The lowest BCUT2D eigenvalue weighted by atomic mass is 10.1. The Balaban J connectivity index is 1.45. The minimum absolute atomic E-state index is 0.0908. The molecule has 1 heterocycles. The molecule has 2 aromatic rings. The first kappa shape index (κ1) is 26.7. The quantitative estimate of drug-likeness (QED) is 0.178. The van der Waals surface area contributed by atoms with Gasteiger partial charge in [-0.25, -0.2) is 13.9 Å². The number of carbonyl (C=O) groups excluding carboxylic acids is 1. The van der Waals surface area contributed by atoms with Crippen molar-refractivity contribution in [2.24, 2.45) is 0 Å². The van der Waals surface area contributed by atoms with E-state index >= 15 is 0 Å². The van der Waals surface area contributed by atoms with Gasteiger partial charge in [-0.05, 0) is 68.4 Å². The summed E-state index contributed by atoms with van der Waals surface area (Å²) in [4.78, 5) is 19.1. The van der Waals surface area contributed by atoms with Crippen LogP contribution in [-0.4, -0.2) is 50.4 Å². The molecule has 0 atom stereocenters. The first-order chi connectivity index (χ1) is 16.8. The molecule has 0 aromatic heterocycles. The van der Waals surface area contributed by atoms with Crippen molar-refractivity contribution in [2.45, 2.75) is 31.1 Å². The number of benzene rings is 2. The van der Waals surface area contributed by atoms with Crippen LogP contribution in [0.15, 0.2) is 65.8 Å². The number of nitrogens with one attached hydrogen (secondary N) is 4. The molecule has 3 rings (SSSR count). The number of hydrogen-bond donors (Lipinski definition) is 4. The molecule has 11 heteroatoms. The molecule has 9 nitrogen and oxygen atoms in total. The summed E-state index contributed by atoms with van der Waals surface area (Å²) in [5.74, 6) is 2.02. The van der Waals surface area contributed by atoms with E-state index in [1.165, 1.54) is 51.4 Å². The molecule has 1 saturated heterocycles. The van der Waals surface area contributed by atoms with Crippen LogP contribution in [0.1, 0.15) is 26.2 Å². The highest BCUT2D eigenvalue weighted by atomic mass is 32.2. The maximum absolute atomic E-state index is 12.8. The lowest BCUT2D eigenvalue weighted by molar-refractivity contribution is -0.118. The molecule has 1 fully saturated rings. The highest BCUT2D eigenvalue weighted by Crippen LogP contribution is 2.21. The van der Waals surface area contributed by atoms with Crippen molar-refractivity contribution in [1.82, 2.24) is 10.3 Å². The van der Waals surface area contributed by atoms with Crippen LogP contribution < -0.4 is 21.1 Å². The lowest BCUT2D eigenvalue weighted by Gasteiger charge is -2.26. The Morgan fingerprint density at radius 1 is 1.06 bits per heavy atom. The van der Waals surface area contributed by atoms with E-state index in [1.54, 1.807) is 48.2 Å². The second-order valence-electron chi connectivity index (χ2n) is 8.21. The number of amides is 1. The van der Waals surface area contributed by atoms with Gasteiger partial charge < -0.3 is 9.74 Å². The number of likely N-dealkylation sites (tertiary alicyclic amines) is 1. The van der Waals surface area contributed by atoms with Crippen molar-refractivity contribution in [2.75, 3.05) is 46.8 Å². The summed E-state index contributed by atoms with van der Waals surface area (Å²) in [6.07, 6.45) is 3.92. The zero-order valence-corrected chi connectivity index (χ0v) is 21.5. The lowest BCUT2D eigenvalue weighted by Crippen LogP contribution is -2.31. The number of anilines is 3. The number of hydrogen-bond acceptors (Lipinski definition) is 8. The number of piperidine rings is 1. The van der Waals surface area contributed by atoms with Gasteiger partial charge in [0.15, 0.2) is 0 Å². The fourth-order valence-electron chi connectivity index (χ4n) is 3.45. The standard InChI is InChI=1S/C24H33N5O4S2/c1-19(18-34-16-15-29-13-4-3-5-14-29)33-27-23-7-6-8-24(17-23)35(31,32)28-22-11-9-21(10-12-22)26-25-20(2)30/h6-12,17,26-28H,1,3-5,13-16,18H2,2H3,(H,25,30). The first-order valence-electron chi connectivity index (χ1n) is 11.5. The van der Waals surface area contributed by atoms with E-state index in [0.717, 1.165) is 12.3 Å². The van der Waals surface area contributed by atoms with Crippen LogP contribution in [0, 0.1) is 0 Å². The SMILES string of the molecule is C=C(CSCCN1CCCCC1)ONc1cccc(S(=O)(=O)Nc2ccc(NNC(C)=O)cc2)c1. The third kappa shape index (κ3) is 9.35. The molecule has 1 aliphatic rings. The summed E-state index contributed by atoms with van der Waals surface area (Å²) in [6, 6.07) is 12.8. The number of rotatable bonds is 13. The molecule has 4 N–H and O–H groups in total. The van der Waals surface area contributed by atoms with E-state index in [2.05, 4.69) is 32.5 Å². The van der Waals surface area contributed by atoms with E-state index in [4.69, 9.17) is 4.84 Å². The van der Waals surface area contributed by atoms with E-state index in [1.807, 2.05) is 0 Å². The molecule has 1 amide bonds. The third-order valence-corrected chi connectivity index (χ3v) is 7.62. The number of hydrazine groups is 1. The highest BCUT2D eigenvalue weighted by molar-refractivity contribution is 7.99. The zero-order chi connectivity index (χ0) is 25.1. The van der Waals surface area contributed by atoms with Gasteiger partial charge in [0.05, 0.1) is 22.0 Å². The summed E-state index contributed by atoms with van der Waals surface area (Å²) in [7, 11) is -3.81.